The van der Waals surface area contributed by atoms with Crippen molar-refractivity contribution in [2.75, 3.05) is 19.1 Å². The van der Waals surface area contributed by atoms with Crippen LogP contribution in [0.3, 0.4) is 0 Å². The molecule has 5 heteroatoms. The van der Waals surface area contributed by atoms with Gasteiger partial charge in [0.1, 0.15) is 5.82 Å². The monoisotopic (exact) mass is 253 g/mol. The van der Waals surface area contributed by atoms with Gasteiger partial charge in [-0.1, -0.05) is 6.42 Å². The summed E-state index contributed by atoms with van der Waals surface area (Å²) in [5.41, 5.74) is 0.406. The Kier molecular flexibility index (Phi) is 2.63. The van der Waals surface area contributed by atoms with E-state index in [1.54, 1.807) is 0 Å². The molecule has 94 valence electrons. The lowest BCUT2D eigenvalue weighted by Gasteiger charge is -2.62. The number of methoxy groups -OCH3 is 1. The van der Waals surface area contributed by atoms with E-state index in [0.29, 0.717) is 17.6 Å². The van der Waals surface area contributed by atoms with E-state index in [4.69, 9.17) is 4.74 Å². The summed E-state index contributed by atoms with van der Waals surface area (Å²) in [6.45, 7) is 1.95. The summed E-state index contributed by atoms with van der Waals surface area (Å²) in [4.78, 5) is 6.80. The first kappa shape index (κ1) is 11.4. The van der Waals surface area contributed by atoms with E-state index >= 15 is 0 Å². The van der Waals surface area contributed by atoms with Gasteiger partial charge in [-0.25, -0.2) is 4.98 Å². The van der Waals surface area contributed by atoms with Gasteiger partial charge in [0, 0.05) is 37.1 Å². The van der Waals surface area contributed by atoms with Gasteiger partial charge in [-0.15, -0.1) is 0 Å². The van der Waals surface area contributed by atoms with E-state index in [1.165, 1.54) is 30.8 Å². The molecule has 2 fully saturated rings. The third-order valence-corrected chi connectivity index (χ3v) is 5.50. The Morgan fingerprint density at radius 2 is 2.24 bits per heavy atom. The summed E-state index contributed by atoms with van der Waals surface area (Å²) >= 11 is 1.50. The summed E-state index contributed by atoms with van der Waals surface area (Å²) in [5, 5.41) is 1.05. The summed E-state index contributed by atoms with van der Waals surface area (Å²) in [5.74, 6) is 0.877. The minimum atomic E-state index is 0.406. The Morgan fingerprint density at radius 3 is 2.71 bits per heavy atom. The first-order valence-corrected chi connectivity index (χ1v) is 7.00. The number of hydrogen-bond acceptors (Lipinski definition) is 5. The van der Waals surface area contributed by atoms with Crippen LogP contribution in [0.5, 0.6) is 0 Å². The van der Waals surface area contributed by atoms with Crippen molar-refractivity contribution in [2.45, 2.75) is 44.8 Å². The standard InChI is InChI=1S/C12H19N3OS/c1-8-13-11(17-14-8)15(2)9-7-10(16-3)12(9)5-4-6-12/h9-10H,4-7H2,1-3H3/t9-,10-/m1/s1. The molecule has 1 spiro atoms. The summed E-state index contributed by atoms with van der Waals surface area (Å²) < 4.78 is 9.87. The molecule has 2 aliphatic rings. The first-order chi connectivity index (χ1) is 8.17. The normalized spacial score (nSPS) is 29.8. The van der Waals surface area contributed by atoms with E-state index in [2.05, 4.69) is 21.3 Å². The van der Waals surface area contributed by atoms with Crippen LogP contribution in [0, 0.1) is 12.3 Å². The molecule has 1 heterocycles. The topological polar surface area (TPSA) is 38.2 Å². The molecule has 2 atom stereocenters. The largest absolute Gasteiger partial charge is 0.381 e. The van der Waals surface area contributed by atoms with E-state index < -0.39 is 0 Å². The maximum absolute atomic E-state index is 5.61. The van der Waals surface area contributed by atoms with Gasteiger partial charge in [0.15, 0.2) is 0 Å². The number of aryl methyl sites for hydroxylation is 1. The highest BCUT2D eigenvalue weighted by molar-refractivity contribution is 7.09. The number of nitrogens with zero attached hydrogens (tertiary/aromatic N) is 3. The maximum atomic E-state index is 5.61. The second kappa shape index (κ2) is 3.92. The number of ether oxygens (including phenoxy) is 1. The molecule has 4 nitrogen and oxygen atoms in total. The van der Waals surface area contributed by atoms with Crippen LogP contribution in [-0.4, -0.2) is 35.7 Å². The molecule has 17 heavy (non-hydrogen) atoms. The number of hydrogen-bond donors (Lipinski definition) is 0. The number of anilines is 1. The Labute approximate surface area is 106 Å². The molecule has 1 aromatic rings. The first-order valence-electron chi connectivity index (χ1n) is 6.23. The average Bonchev–Trinajstić information content (AvgIpc) is 2.61. The molecule has 0 aromatic carbocycles. The second-order valence-electron chi connectivity index (χ2n) is 5.30. The third kappa shape index (κ3) is 1.52. The summed E-state index contributed by atoms with van der Waals surface area (Å²) in [7, 11) is 3.99. The van der Waals surface area contributed by atoms with Crippen LogP contribution < -0.4 is 4.90 Å². The molecule has 2 aliphatic carbocycles. The van der Waals surface area contributed by atoms with Crippen molar-refractivity contribution >= 4 is 16.7 Å². The van der Waals surface area contributed by atoms with Crippen LogP contribution in [0.2, 0.25) is 0 Å². The molecular formula is C12H19N3OS. The van der Waals surface area contributed by atoms with Crippen molar-refractivity contribution in [3.05, 3.63) is 5.82 Å². The van der Waals surface area contributed by atoms with E-state index in [0.717, 1.165) is 17.4 Å². The lowest BCUT2D eigenvalue weighted by atomic mass is 9.50. The quantitative estimate of drug-likeness (QED) is 0.828. The van der Waals surface area contributed by atoms with E-state index in [1.807, 2.05) is 14.0 Å². The lowest BCUT2D eigenvalue weighted by molar-refractivity contribution is -0.152. The predicted molar refractivity (Wildman–Crippen MR) is 68.5 cm³/mol. The van der Waals surface area contributed by atoms with Crippen molar-refractivity contribution < 1.29 is 4.74 Å². The van der Waals surface area contributed by atoms with Crippen LogP contribution in [0.25, 0.3) is 0 Å². The SMILES string of the molecule is CO[C@@H]1C[C@@H](N(C)c2nc(C)ns2)C12CCC2. The van der Waals surface area contributed by atoms with Crippen molar-refractivity contribution in [3.8, 4) is 0 Å². The highest BCUT2D eigenvalue weighted by atomic mass is 32.1. The Hall–Kier alpha value is -0.680. The van der Waals surface area contributed by atoms with Gasteiger partial charge in [0.05, 0.1) is 6.10 Å². The Balaban J connectivity index is 1.77. The van der Waals surface area contributed by atoms with Crippen molar-refractivity contribution in [1.82, 2.24) is 9.36 Å². The summed E-state index contributed by atoms with van der Waals surface area (Å²) in [6.07, 6.45) is 5.54. The van der Waals surface area contributed by atoms with Crippen LogP contribution in [0.4, 0.5) is 5.13 Å². The van der Waals surface area contributed by atoms with Crippen molar-refractivity contribution in [2.24, 2.45) is 5.41 Å². The fraction of sp³-hybridized carbons (Fsp3) is 0.833. The van der Waals surface area contributed by atoms with Gasteiger partial charge >= 0.3 is 0 Å². The van der Waals surface area contributed by atoms with Crippen LogP contribution in [0.1, 0.15) is 31.5 Å². The molecule has 0 radical (unpaired) electrons. The lowest BCUT2D eigenvalue weighted by Crippen LogP contribution is -2.67. The van der Waals surface area contributed by atoms with Crippen LogP contribution in [-0.2, 0) is 4.74 Å². The van der Waals surface area contributed by atoms with Gasteiger partial charge < -0.3 is 9.64 Å². The highest BCUT2D eigenvalue weighted by Gasteiger charge is 2.60. The van der Waals surface area contributed by atoms with Gasteiger partial charge in [-0.2, -0.15) is 4.37 Å². The molecule has 0 aliphatic heterocycles. The molecule has 0 saturated heterocycles. The van der Waals surface area contributed by atoms with E-state index in [-0.39, 0.29) is 0 Å². The molecule has 0 N–H and O–H groups in total. The zero-order chi connectivity index (χ0) is 12.0. The third-order valence-electron chi connectivity index (χ3n) is 4.60. The molecule has 0 amide bonds. The smallest absolute Gasteiger partial charge is 0.205 e. The Morgan fingerprint density at radius 1 is 1.47 bits per heavy atom. The fourth-order valence-electron chi connectivity index (χ4n) is 3.40. The fourth-order valence-corrected chi connectivity index (χ4v) is 4.09. The van der Waals surface area contributed by atoms with Gasteiger partial charge in [0.25, 0.3) is 0 Å². The maximum Gasteiger partial charge on any atom is 0.205 e. The number of aromatic nitrogens is 2. The molecule has 0 bridgehead atoms. The second-order valence-corrected chi connectivity index (χ2v) is 6.03. The molecular weight excluding hydrogens is 234 g/mol. The van der Waals surface area contributed by atoms with Gasteiger partial charge in [-0.3, -0.25) is 0 Å². The van der Waals surface area contributed by atoms with Crippen molar-refractivity contribution in [3.63, 3.8) is 0 Å². The molecule has 1 aromatic heterocycles. The average molecular weight is 253 g/mol. The zero-order valence-electron chi connectivity index (χ0n) is 10.6. The van der Waals surface area contributed by atoms with Crippen LogP contribution in [0.15, 0.2) is 0 Å². The molecule has 0 unspecified atom stereocenters. The zero-order valence-corrected chi connectivity index (χ0v) is 11.5. The van der Waals surface area contributed by atoms with Gasteiger partial charge in [-0.05, 0) is 26.2 Å². The van der Waals surface area contributed by atoms with Crippen molar-refractivity contribution in [1.29, 1.82) is 0 Å². The minimum Gasteiger partial charge on any atom is -0.381 e. The van der Waals surface area contributed by atoms with E-state index in [9.17, 15) is 0 Å². The van der Waals surface area contributed by atoms with Crippen LogP contribution >= 0.6 is 11.5 Å². The minimum absolute atomic E-state index is 0.406. The molecule has 3 rings (SSSR count). The van der Waals surface area contributed by atoms with Gasteiger partial charge in [0.2, 0.25) is 5.13 Å². The summed E-state index contributed by atoms with van der Waals surface area (Å²) in [6, 6.07) is 0.591. The molecule has 2 saturated carbocycles. The number of rotatable bonds is 3. The predicted octanol–water partition coefficient (Wildman–Crippen LogP) is 2.24. The highest BCUT2D eigenvalue weighted by Crippen LogP contribution is 2.59. The Bertz CT molecular complexity index is 416.